The number of allylic oxidation sites excluding steroid dienone is 1. The smallest absolute Gasteiger partial charge is 0.227 e. The lowest BCUT2D eigenvalue weighted by molar-refractivity contribution is -0.117. The minimum Gasteiger partial charge on any atom is -0.492 e. The second kappa shape index (κ2) is 7.27. The summed E-state index contributed by atoms with van der Waals surface area (Å²) >= 11 is 0. The van der Waals surface area contributed by atoms with Crippen molar-refractivity contribution in [3.8, 4) is 5.75 Å². The summed E-state index contributed by atoms with van der Waals surface area (Å²) in [5.74, 6) is 1.83. The summed E-state index contributed by atoms with van der Waals surface area (Å²) in [6.45, 7) is 7.67. The Morgan fingerprint density at radius 2 is 2.00 bits per heavy atom. The van der Waals surface area contributed by atoms with Gasteiger partial charge in [-0.25, -0.2) is 4.98 Å². The topological polar surface area (TPSA) is 47.4 Å². The molecule has 0 spiro atoms. The van der Waals surface area contributed by atoms with E-state index in [1.54, 1.807) is 0 Å². The second-order valence-corrected chi connectivity index (χ2v) is 6.66. The van der Waals surface area contributed by atoms with Gasteiger partial charge in [-0.3, -0.25) is 4.79 Å². The molecule has 5 nitrogen and oxygen atoms in total. The van der Waals surface area contributed by atoms with Crippen molar-refractivity contribution < 1.29 is 9.53 Å². The molecule has 0 N–H and O–H groups in total. The molecule has 1 aliphatic heterocycles. The molecule has 5 heteroatoms. The van der Waals surface area contributed by atoms with Crippen LogP contribution in [0.4, 0.5) is 5.69 Å². The monoisotopic (exact) mass is 361 g/mol. The Bertz CT molecular complexity index is 992. The van der Waals surface area contributed by atoms with E-state index in [0.717, 1.165) is 28.3 Å². The molecule has 0 unspecified atom stereocenters. The van der Waals surface area contributed by atoms with Crippen molar-refractivity contribution >= 4 is 22.6 Å². The molecule has 1 atom stereocenters. The number of carbonyl (C=O) groups excluding carboxylic acids is 1. The summed E-state index contributed by atoms with van der Waals surface area (Å²) in [6, 6.07) is 15.8. The van der Waals surface area contributed by atoms with Crippen LogP contribution in [0, 0.1) is 0 Å². The van der Waals surface area contributed by atoms with Crippen LogP contribution in [-0.4, -0.2) is 28.6 Å². The van der Waals surface area contributed by atoms with Crippen LogP contribution < -0.4 is 9.64 Å². The molecule has 4 rings (SSSR count). The van der Waals surface area contributed by atoms with E-state index < -0.39 is 0 Å². The minimum absolute atomic E-state index is 0.0412. The van der Waals surface area contributed by atoms with Gasteiger partial charge in [0.25, 0.3) is 0 Å². The average Bonchev–Trinajstić information content (AvgIpc) is 3.24. The Balaban J connectivity index is 1.70. The number of ether oxygens (including phenoxy) is 1. The molecule has 2 aromatic carbocycles. The van der Waals surface area contributed by atoms with Crippen molar-refractivity contribution in [2.75, 3.05) is 18.1 Å². The SMILES string of the molecule is C=CCn1c([C@@H]2CC(=O)N(c3ccccc3OCC)C2)nc2ccccc21. The van der Waals surface area contributed by atoms with Crippen LogP contribution >= 0.6 is 0 Å². The fraction of sp³-hybridized carbons (Fsp3) is 0.273. The lowest BCUT2D eigenvalue weighted by Gasteiger charge is -2.20. The largest absolute Gasteiger partial charge is 0.492 e. The molecule has 138 valence electrons. The van der Waals surface area contributed by atoms with Gasteiger partial charge in [0.1, 0.15) is 11.6 Å². The number of amides is 1. The highest BCUT2D eigenvalue weighted by Crippen LogP contribution is 2.37. The molecular formula is C22H23N3O2. The van der Waals surface area contributed by atoms with Crippen molar-refractivity contribution in [3.05, 3.63) is 67.0 Å². The first-order chi connectivity index (χ1) is 13.2. The molecule has 1 amide bonds. The third kappa shape index (κ3) is 3.10. The number of hydrogen-bond acceptors (Lipinski definition) is 3. The maximum absolute atomic E-state index is 12.8. The normalized spacial score (nSPS) is 16.9. The van der Waals surface area contributed by atoms with E-state index in [1.807, 2.05) is 60.4 Å². The lowest BCUT2D eigenvalue weighted by Crippen LogP contribution is -2.25. The minimum atomic E-state index is 0.0412. The van der Waals surface area contributed by atoms with Gasteiger partial charge in [0.15, 0.2) is 0 Å². The third-order valence-corrected chi connectivity index (χ3v) is 4.94. The Morgan fingerprint density at radius 1 is 1.22 bits per heavy atom. The first kappa shape index (κ1) is 17.3. The van der Waals surface area contributed by atoms with Crippen molar-refractivity contribution in [1.29, 1.82) is 0 Å². The lowest BCUT2D eigenvalue weighted by atomic mass is 10.1. The van der Waals surface area contributed by atoms with Gasteiger partial charge in [0.05, 0.1) is 23.3 Å². The number of benzene rings is 2. The number of nitrogens with zero attached hydrogens (tertiary/aromatic N) is 3. The van der Waals surface area contributed by atoms with Gasteiger partial charge in [-0.05, 0) is 31.2 Å². The zero-order valence-corrected chi connectivity index (χ0v) is 15.5. The number of hydrogen-bond donors (Lipinski definition) is 0. The van der Waals surface area contributed by atoms with Crippen LogP contribution in [0.3, 0.4) is 0 Å². The quantitative estimate of drug-likeness (QED) is 0.620. The van der Waals surface area contributed by atoms with E-state index in [0.29, 0.717) is 26.1 Å². The van der Waals surface area contributed by atoms with Crippen LogP contribution in [-0.2, 0) is 11.3 Å². The van der Waals surface area contributed by atoms with Crippen LogP contribution in [0.1, 0.15) is 25.1 Å². The predicted molar refractivity (Wildman–Crippen MR) is 107 cm³/mol. The molecule has 0 bridgehead atoms. The number of fused-ring (bicyclic) bond motifs is 1. The van der Waals surface area contributed by atoms with Gasteiger partial charge in [-0.15, -0.1) is 6.58 Å². The van der Waals surface area contributed by atoms with Crippen molar-refractivity contribution in [3.63, 3.8) is 0 Å². The molecule has 2 heterocycles. The molecule has 0 radical (unpaired) electrons. The van der Waals surface area contributed by atoms with Gasteiger partial charge < -0.3 is 14.2 Å². The van der Waals surface area contributed by atoms with E-state index >= 15 is 0 Å². The van der Waals surface area contributed by atoms with E-state index in [1.165, 1.54) is 0 Å². The van der Waals surface area contributed by atoms with Gasteiger partial charge in [-0.2, -0.15) is 0 Å². The van der Waals surface area contributed by atoms with Gasteiger partial charge in [0, 0.05) is 25.4 Å². The van der Waals surface area contributed by atoms with Gasteiger partial charge in [0.2, 0.25) is 5.91 Å². The van der Waals surface area contributed by atoms with E-state index in [9.17, 15) is 4.79 Å². The Hall–Kier alpha value is -3.08. The van der Waals surface area contributed by atoms with E-state index in [2.05, 4.69) is 17.2 Å². The van der Waals surface area contributed by atoms with Crippen LogP contribution in [0.5, 0.6) is 5.75 Å². The van der Waals surface area contributed by atoms with Crippen molar-refractivity contribution in [2.24, 2.45) is 0 Å². The number of carbonyl (C=O) groups is 1. The summed E-state index contributed by atoms with van der Waals surface area (Å²) in [5, 5.41) is 0. The number of aromatic nitrogens is 2. The molecule has 0 aliphatic carbocycles. The molecule has 1 aromatic heterocycles. The fourth-order valence-corrected chi connectivity index (χ4v) is 3.80. The van der Waals surface area contributed by atoms with E-state index in [4.69, 9.17) is 9.72 Å². The highest BCUT2D eigenvalue weighted by Gasteiger charge is 2.35. The fourth-order valence-electron chi connectivity index (χ4n) is 3.80. The van der Waals surface area contributed by atoms with Crippen molar-refractivity contribution in [1.82, 2.24) is 9.55 Å². The number of imidazole rings is 1. The van der Waals surface area contributed by atoms with E-state index in [-0.39, 0.29) is 11.8 Å². The van der Waals surface area contributed by atoms with Crippen molar-refractivity contribution in [2.45, 2.75) is 25.8 Å². The molecule has 27 heavy (non-hydrogen) atoms. The summed E-state index contributed by atoms with van der Waals surface area (Å²) in [7, 11) is 0. The van der Waals surface area contributed by atoms with Crippen LogP contribution in [0.15, 0.2) is 61.2 Å². The maximum atomic E-state index is 12.8. The predicted octanol–water partition coefficient (Wildman–Crippen LogP) is 4.14. The molecule has 1 fully saturated rings. The first-order valence-electron chi connectivity index (χ1n) is 9.31. The first-order valence-corrected chi connectivity index (χ1v) is 9.31. The molecule has 0 saturated carbocycles. The number of para-hydroxylation sites is 4. The zero-order valence-electron chi connectivity index (χ0n) is 15.5. The molecule has 1 aliphatic rings. The van der Waals surface area contributed by atoms with Gasteiger partial charge in [-0.1, -0.05) is 30.3 Å². The highest BCUT2D eigenvalue weighted by molar-refractivity contribution is 5.97. The van der Waals surface area contributed by atoms with Crippen LogP contribution in [0.2, 0.25) is 0 Å². The summed E-state index contributed by atoms with van der Waals surface area (Å²) in [6.07, 6.45) is 2.32. The molecular weight excluding hydrogens is 338 g/mol. The Labute approximate surface area is 158 Å². The molecule has 3 aromatic rings. The molecule has 1 saturated heterocycles. The standard InChI is InChI=1S/C22H23N3O2/c1-3-13-24-18-10-6-5-9-17(18)23-22(24)16-14-21(26)25(15-16)19-11-7-8-12-20(19)27-4-2/h3,5-12,16H,1,4,13-15H2,2H3/t16-/m1/s1. The highest BCUT2D eigenvalue weighted by atomic mass is 16.5. The second-order valence-electron chi connectivity index (χ2n) is 6.66. The summed E-state index contributed by atoms with van der Waals surface area (Å²) < 4.78 is 7.89. The average molecular weight is 361 g/mol. The number of rotatable bonds is 6. The summed E-state index contributed by atoms with van der Waals surface area (Å²) in [4.78, 5) is 19.5. The number of anilines is 1. The Morgan fingerprint density at radius 3 is 2.81 bits per heavy atom. The summed E-state index contributed by atoms with van der Waals surface area (Å²) in [5.41, 5.74) is 2.86. The Kier molecular flexibility index (Phi) is 4.67. The zero-order chi connectivity index (χ0) is 18.8. The maximum Gasteiger partial charge on any atom is 0.227 e. The van der Waals surface area contributed by atoms with Crippen LogP contribution in [0.25, 0.3) is 11.0 Å². The van der Waals surface area contributed by atoms with Gasteiger partial charge >= 0.3 is 0 Å². The third-order valence-electron chi connectivity index (χ3n) is 4.94.